The first-order valence-electron chi connectivity index (χ1n) is 8.38. The Morgan fingerprint density at radius 3 is 2.48 bits per heavy atom. The van der Waals surface area contributed by atoms with Gasteiger partial charge >= 0.3 is 0 Å². The minimum atomic E-state index is 0. The molecule has 0 radical (unpaired) electrons. The lowest BCUT2D eigenvalue weighted by molar-refractivity contribution is -0.399. The van der Waals surface area contributed by atoms with Crippen LogP contribution in [0.4, 0.5) is 0 Å². The fraction of sp³-hybridized carbons (Fsp3) is 0.526. The van der Waals surface area contributed by atoms with Gasteiger partial charge in [0.2, 0.25) is 6.79 Å². The van der Waals surface area contributed by atoms with Crippen LogP contribution in [0.15, 0.2) is 18.2 Å². The Morgan fingerprint density at radius 1 is 1.04 bits per heavy atom. The predicted octanol–water partition coefficient (Wildman–Crippen LogP) is 1.21. The lowest BCUT2D eigenvalue weighted by Crippen LogP contribution is -3.00. The molecule has 1 N–H and O–H groups in total. The molecule has 1 aromatic heterocycles. The first-order chi connectivity index (χ1) is 10.6. The van der Waals surface area contributed by atoms with Crippen molar-refractivity contribution < 1.29 is 26.9 Å². The van der Waals surface area contributed by atoms with E-state index < -0.39 is 0 Å². The molecule has 2 aliphatic rings. The molecule has 124 valence electrons. The maximum Gasteiger partial charge on any atom is 0.231 e. The van der Waals surface area contributed by atoms with Crippen molar-refractivity contribution in [1.82, 2.24) is 0 Å². The van der Waals surface area contributed by atoms with Gasteiger partial charge in [-0.2, -0.15) is 0 Å². The molecule has 0 saturated heterocycles. The topological polar surface area (TPSA) is 32.6 Å². The van der Waals surface area contributed by atoms with E-state index in [1.54, 1.807) is 0 Å². The highest BCUT2D eigenvalue weighted by Crippen LogP contribution is 2.41. The van der Waals surface area contributed by atoms with E-state index in [-0.39, 0.29) is 12.4 Å². The Labute approximate surface area is 143 Å². The van der Waals surface area contributed by atoms with Crippen molar-refractivity contribution in [3.05, 3.63) is 29.6 Å². The highest BCUT2D eigenvalue weighted by Gasteiger charge is 2.31. The van der Waals surface area contributed by atoms with Crippen LogP contribution in [0, 0.1) is 12.3 Å². The number of aromatic amines is 1. The van der Waals surface area contributed by atoms with Gasteiger partial charge in [-0.3, -0.25) is 0 Å². The van der Waals surface area contributed by atoms with Crippen LogP contribution in [-0.4, -0.2) is 6.79 Å². The summed E-state index contributed by atoms with van der Waals surface area (Å²) in [7, 11) is 0. The molecular formula is C19H24ClNO2. The Balaban J connectivity index is 0.00000156. The number of rotatable bonds is 2. The number of aromatic nitrogens is 1. The summed E-state index contributed by atoms with van der Waals surface area (Å²) in [6.07, 6.45) is 7.91. The summed E-state index contributed by atoms with van der Waals surface area (Å²) >= 11 is 0. The van der Waals surface area contributed by atoms with E-state index in [1.807, 2.05) is 0 Å². The molecule has 0 bridgehead atoms. The first-order valence-corrected chi connectivity index (χ1v) is 8.38. The molecular weight excluding hydrogens is 310 g/mol. The zero-order valence-corrected chi connectivity index (χ0v) is 14.6. The number of halogens is 1. The molecule has 0 amide bonds. The maximum atomic E-state index is 5.57. The van der Waals surface area contributed by atoms with Gasteiger partial charge in [0.25, 0.3) is 0 Å². The molecule has 3 nitrogen and oxygen atoms in total. The van der Waals surface area contributed by atoms with E-state index in [2.05, 4.69) is 37.0 Å². The second-order valence-electron chi connectivity index (χ2n) is 7.27. The number of ether oxygens (including phenoxy) is 2. The van der Waals surface area contributed by atoms with Gasteiger partial charge in [0.1, 0.15) is 0 Å². The Hall–Kier alpha value is -1.48. The minimum absolute atomic E-state index is 0. The molecule has 0 spiro atoms. The highest BCUT2D eigenvalue weighted by atomic mass is 35.5. The summed E-state index contributed by atoms with van der Waals surface area (Å²) in [5.74, 6) is 1.74. The molecule has 1 fully saturated rings. The first kappa shape index (κ1) is 16.4. The third-order valence-corrected chi connectivity index (χ3v) is 5.25. The summed E-state index contributed by atoms with van der Waals surface area (Å²) in [6.45, 7) is 4.92. The largest absolute Gasteiger partial charge is 1.00 e. The predicted molar refractivity (Wildman–Crippen MR) is 86.3 cm³/mol. The number of benzene rings is 1. The maximum absolute atomic E-state index is 5.57. The molecule has 0 unspecified atom stereocenters. The molecule has 1 aliphatic carbocycles. The molecule has 1 saturated carbocycles. The Kier molecular flexibility index (Phi) is 4.41. The van der Waals surface area contributed by atoms with Crippen molar-refractivity contribution in [2.24, 2.45) is 5.41 Å². The van der Waals surface area contributed by atoms with Crippen molar-refractivity contribution >= 4 is 10.8 Å². The van der Waals surface area contributed by atoms with Gasteiger partial charge in [0.15, 0.2) is 22.9 Å². The van der Waals surface area contributed by atoms with Crippen LogP contribution in [-0.2, 0) is 6.42 Å². The van der Waals surface area contributed by atoms with Gasteiger partial charge in [0.05, 0.1) is 5.39 Å². The third-order valence-electron chi connectivity index (χ3n) is 5.25. The molecule has 1 aromatic carbocycles. The van der Waals surface area contributed by atoms with Gasteiger partial charge in [0, 0.05) is 19.4 Å². The van der Waals surface area contributed by atoms with Gasteiger partial charge in [-0.1, -0.05) is 26.2 Å². The van der Waals surface area contributed by atoms with Crippen molar-refractivity contribution in [2.45, 2.75) is 52.4 Å². The van der Waals surface area contributed by atoms with E-state index >= 15 is 0 Å². The number of nitrogens with one attached hydrogen (secondary N) is 1. The molecule has 4 heteroatoms. The Morgan fingerprint density at radius 2 is 1.74 bits per heavy atom. The summed E-state index contributed by atoms with van der Waals surface area (Å²) in [5.41, 5.74) is 2.98. The fourth-order valence-electron chi connectivity index (χ4n) is 4.06. The molecule has 23 heavy (non-hydrogen) atoms. The van der Waals surface area contributed by atoms with Crippen LogP contribution in [0.1, 0.15) is 50.4 Å². The van der Waals surface area contributed by atoms with Crippen molar-refractivity contribution in [2.75, 3.05) is 6.79 Å². The summed E-state index contributed by atoms with van der Waals surface area (Å²) in [4.78, 5) is 3.62. The summed E-state index contributed by atoms with van der Waals surface area (Å²) < 4.78 is 11.1. The van der Waals surface area contributed by atoms with Crippen LogP contribution in [0.25, 0.3) is 10.8 Å². The van der Waals surface area contributed by atoms with Crippen molar-refractivity contribution in [1.29, 1.82) is 0 Å². The number of hydrogen-bond acceptors (Lipinski definition) is 2. The normalized spacial score (nSPS) is 18.7. The summed E-state index contributed by atoms with van der Waals surface area (Å²) in [5, 5.41) is 2.52. The monoisotopic (exact) mass is 333 g/mol. The zero-order valence-electron chi connectivity index (χ0n) is 13.9. The lowest BCUT2D eigenvalue weighted by Gasteiger charge is -2.32. The smallest absolute Gasteiger partial charge is 0.231 e. The number of hydrogen-bond donors (Lipinski definition) is 0. The van der Waals surface area contributed by atoms with E-state index in [1.165, 1.54) is 54.3 Å². The second kappa shape index (κ2) is 6.20. The quantitative estimate of drug-likeness (QED) is 0.827. The van der Waals surface area contributed by atoms with Gasteiger partial charge in [-0.25, -0.2) is 4.98 Å². The second-order valence-corrected chi connectivity index (χ2v) is 7.27. The van der Waals surface area contributed by atoms with E-state index in [4.69, 9.17) is 9.47 Å². The standard InChI is InChI=1S/C19H23NO2.ClH/c1-13-8-14-9-17-18(22-12-21-17)10-15(14)16(20-13)11-19(2)6-4-3-5-7-19;/h8-10H,3-7,11-12H2,1-2H3;1H. The van der Waals surface area contributed by atoms with E-state index in [0.29, 0.717) is 12.2 Å². The van der Waals surface area contributed by atoms with Gasteiger partial charge in [-0.05, 0) is 35.8 Å². The SMILES string of the molecule is Cc1cc2cc3c(cc2c(CC2(C)CCCCC2)[nH+]1)OCO3.[Cl-]. The minimum Gasteiger partial charge on any atom is -1.00 e. The van der Waals surface area contributed by atoms with Gasteiger partial charge in [-0.15, -0.1) is 0 Å². The van der Waals surface area contributed by atoms with Crippen LogP contribution in [0.3, 0.4) is 0 Å². The number of fused-ring (bicyclic) bond motifs is 2. The number of H-pyrrole nitrogens is 1. The van der Waals surface area contributed by atoms with Crippen LogP contribution < -0.4 is 26.9 Å². The average molecular weight is 334 g/mol. The number of aryl methyl sites for hydroxylation is 1. The molecule has 2 aromatic rings. The van der Waals surface area contributed by atoms with Gasteiger partial charge < -0.3 is 21.9 Å². The lowest BCUT2D eigenvalue weighted by atomic mass is 9.72. The van der Waals surface area contributed by atoms with Crippen molar-refractivity contribution in [3.8, 4) is 11.5 Å². The van der Waals surface area contributed by atoms with E-state index in [9.17, 15) is 0 Å². The molecule has 2 heterocycles. The molecule has 4 rings (SSSR count). The van der Waals surface area contributed by atoms with E-state index in [0.717, 1.165) is 17.9 Å². The summed E-state index contributed by atoms with van der Waals surface area (Å²) in [6, 6.07) is 6.46. The van der Waals surface area contributed by atoms with Crippen LogP contribution in [0.2, 0.25) is 0 Å². The average Bonchev–Trinajstić information content (AvgIpc) is 2.92. The van der Waals surface area contributed by atoms with Crippen molar-refractivity contribution in [3.63, 3.8) is 0 Å². The van der Waals surface area contributed by atoms with Crippen LogP contribution in [0.5, 0.6) is 11.5 Å². The zero-order chi connectivity index (χ0) is 15.2. The van der Waals surface area contributed by atoms with Crippen LogP contribution >= 0.6 is 0 Å². The molecule has 0 atom stereocenters. The number of pyridine rings is 1. The highest BCUT2D eigenvalue weighted by molar-refractivity contribution is 5.87. The Bertz CT molecular complexity index is 723. The fourth-order valence-corrected chi connectivity index (χ4v) is 4.06. The third kappa shape index (κ3) is 3.12. The molecule has 1 aliphatic heterocycles.